The van der Waals surface area contributed by atoms with E-state index in [4.69, 9.17) is 18.9 Å². The fraction of sp³-hybridized carbons (Fsp3) is 0.321. The van der Waals surface area contributed by atoms with Crippen LogP contribution in [-0.4, -0.2) is 77.7 Å². The van der Waals surface area contributed by atoms with Crippen LogP contribution in [0.25, 0.3) is 0 Å². The number of hydrogen-bond acceptors (Lipinski definition) is 11. The summed E-state index contributed by atoms with van der Waals surface area (Å²) in [6, 6.07) is 8.45. The van der Waals surface area contributed by atoms with Crippen LogP contribution in [0.15, 0.2) is 61.2 Å². The number of imide groups is 1. The number of nitro benzene ring substituents is 1. The van der Waals surface area contributed by atoms with Gasteiger partial charge in [-0.25, -0.2) is 14.4 Å². The molecule has 0 saturated heterocycles. The van der Waals surface area contributed by atoms with Crippen LogP contribution in [0.2, 0.25) is 0 Å². The van der Waals surface area contributed by atoms with Gasteiger partial charge in [-0.05, 0) is 43.7 Å². The number of nitrogens with zero attached hydrogens (tertiary/aromatic N) is 2. The first kappa shape index (κ1) is 31.4. The number of benzene rings is 2. The first-order valence-corrected chi connectivity index (χ1v) is 12.8. The summed E-state index contributed by atoms with van der Waals surface area (Å²) in [6.07, 6.45) is -0.875. The Hall–Kier alpha value is -5.11. The fourth-order valence-electron chi connectivity index (χ4n) is 3.95. The van der Waals surface area contributed by atoms with Crippen LogP contribution in [0, 0.1) is 10.1 Å². The first-order chi connectivity index (χ1) is 20.1. The normalized spacial score (nSPS) is 14.3. The van der Waals surface area contributed by atoms with Gasteiger partial charge in [0.2, 0.25) is 0 Å². The highest BCUT2D eigenvalue weighted by atomic mass is 16.6. The predicted octanol–water partition coefficient (Wildman–Crippen LogP) is 2.55. The quantitative estimate of drug-likeness (QED) is 0.0862. The first-order valence-electron chi connectivity index (χ1n) is 12.8. The van der Waals surface area contributed by atoms with Crippen molar-refractivity contribution >= 4 is 35.5 Å². The van der Waals surface area contributed by atoms with E-state index in [1.165, 1.54) is 49.4 Å². The predicted molar refractivity (Wildman–Crippen MR) is 144 cm³/mol. The summed E-state index contributed by atoms with van der Waals surface area (Å²) >= 11 is 0. The molecular weight excluding hydrogens is 554 g/mol. The summed E-state index contributed by atoms with van der Waals surface area (Å²) in [5.41, 5.74) is 0.548. The maximum atomic E-state index is 13.0. The monoisotopic (exact) mass is 583 g/mol. The van der Waals surface area contributed by atoms with Gasteiger partial charge in [-0.15, -0.1) is 0 Å². The second kappa shape index (κ2) is 14.5. The molecule has 0 radical (unpaired) electrons. The summed E-state index contributed by atoms with van der Waals surface area (Å²) in [4.78, 5) is 75.1. The fourth-order valence-corrected chi connectivity index (χ4v) is 3.95. The molecule has 0 aromatic heterocycles. The maximum Gasteiger partial charge on any atom is 0.408 e. The van der Waals surface area contributed by atoms with E-state index in [-0.39, 0.29) is 36.6 Å². The van der Waals surface area contributed by atoms with Gasteiger partial charge in [0, 0.05) is 12.1 Å². The van der Waals surface area contributed by atoms with Crippen molar-refractivity contribution in [2.75, 3.05) is 19.8 Å². The van der Waals surface area contributed by atoms with Crippen LogP contribution in [0.3, 0.4) is 0 Å². The third-order valence-electron chi connectivity index (χ3n) is 6.07. The summed E-state index contributed by atoms with van der Waals surface area (Å²) in [5.74, 6) is -3.23. The highest BCUT2D eigenvalue weighted by Crippen LogP contribution is 2.25. The number of carbonyl (C=O) groups is 5. The average Bonchev–Trinajstić information content (AvgIpc) is 3.23. The third kappa shape index (κ3) is 7.54. The maximum absolute atomic E-state index is 13.0. The number of amides is 3. The molecule has 2 aromatic rings. The molecule has 0 unspecified atom stereocenters. The lowest BCUT2D eigenvalue weighted by Gasteiger charge is -2.28. The number of hydrogen-bond donors (Lipinski definition) is 1. The Kier molecular flexibility index (Phi) is 10.8. The molecule has 0 saturated carbocycles. The average molecular weight is 584 g/mol. The van der Waals surface area contributed by atoms with Gasteiger partial charge in [0.1, 0.15) is 13.2 Å². The zero-order chi connectivity index (χ0) is 30.8. The SMILES string of the molecule is C=CCOC(=O)[C@H](NC(=O)OCc1ccc([N+](=O)[O-])cc1)[C@H](C)OC[C@H](C(=O)OCC)N1C(=O)c2ccccc2C1=O. The third-order valence-corrected chi connectivity index (χ3v) is 6.07. The number of fused-ring (bicyclic) bond motifs is 1. The molecule has 3 rings (SSSR count). The van der Waals surface area contributed by atoms with Gasteiger partial charge >= 0.3 is 18.0 Å². The van der Waals surface area contributed by atoms with E-state index in [9.17, 15) is 34.1 Å². The lowest BCUT2D eigenvalue weighted by atomic mass is 10.1. The minimum atomic E-state index is -1.49. The molecule has 0 spiro atoms. The molecule has 14 nitrogen and oxygen atoms in total. The molecule has 222 valence electrons. The van der Waals surface area contributed by atoms with Gasteiger partial charge in [0.25, 0.3) is 17.5 Å². The molecule has 1 N–H and O–H groups in total. The van der Waals surface area contributed by atoms with Gasteiger partial charge in [0.15, 0.2) is 12.1 Å². The minimum Gasteiger partial charge on any atom is -0.464 e. The molecule has 1 heterocycles. The molecule has 3 amide bonds. The van der Waals surface area contributed by atoms with E-state index in [2.05, 4.69) is 11.9 Å². The zero-order valence-electron chi connectivity index (χ0n) is 22.8. The van der Waals surface area contributed by atoms with Crippen molar-refractivity contribution in [2.45, 2.75) is 38.6 Å². The standard InChI is InChI=1S/C28H29N3O11/c1-4-14-40-27(35)23(29-28(36)42-15-18-10-12-19(13-11-18)31(37)38)17(3)41-16-22(26(34)39-5-2)30-24(32)20-8-6-7-9-21(20)25(30)33/h4,6-13,17,22-23H,1,5,14-16H2,2-3H3,(H,29,36)/t17-,22+,23+/m0/s1. The zero-order valence-corrected chi connectivity index (χ0v) is 22.8. The highest BCUT2D eigenvalue weighted by molar-refractivity contribution is 6.22. The van der Waals surface area contributed by atoms with Crippen LogP contribution >= 0.6 is 0 Å². The highest BCUT2D eigenvalue weighted by Gasteiger charge is 2.44. The molecule has 3 atom stereocenters. The summed E-state index contributed by atoms with van der Waals surface area (Å²) in [5, 5.41) is 13.2. The Morgan fingerprint density at radius 2 is 1.62 bits per heavy atom. The van der Waals surface area contributed by atoms with E-state index in [0.29, 0.717) is 5.56 Å². The van der Waals surface area contributed by atoms with Crippen LogP contribution in [0.4, 0.5) is 10.5 Å². The second-order valence-corrected chi connectivity index (χ2v) is 8.87. The Morgan fingerprint density at radius 1 is 1.00 bits per heavy atom. The number of nitro groups is 1. The van der Waals surface area contributed by atoms with Crippen molar-refractivity contribution in [1.82, 2.24) is 10.2 Å². The van der Waals surface area contributed by atoms with Crippen molar-refractivity contribution in [1.29, 1.82) is 0 Å². The molecule has 42 heavy (non-hydrogen) atoms. The van der Waals surface area contributed by atoms with Gasteiger partial charge in [-0.2, -0.15) is 0 Å². The number of carbonyl (C=O) groups excluding carboxylic acids is 5. The van der Waals surface area contributed by atoms with Gasteiger partial charge in [-0.3, -0.25) is 24.6 Å². The van der Waals surface area contributed by atoms with E-state index in [0.717, 1.165) is 4.90 Å². The Labute approximate surface area is 240 Å². The van der Waals surface area contributed by atoms with Crippen molar-refractivity contribution in [2.24, 2.45) is 0 Å². The molecule has 0 bridgehead atoms. The van der Waals surface area contributed by atoms with E-state index < -0.39 is 59.6 Å². The number of alkyl carbamates (subject to hydrolysis) is 1. The molecule has 0 aliphatic carbocycles. The van der Waals surface area contributed by atoms with E-state index >= 15 is 0 Å². The van der Waals surface area contributed by atoms with Crippen molar-refractivity contribution in [3.05, 3.63) is 88.0 Å². The molecule has 1 aliphatic rings. The number of ether oxygens (including phenoxy) is 4. The second-order valence-electron chi connectivity index (χ2n) is 8.87. The summed E-state index contributed by atoms with van der Waals surface area (Å²) < 4.78 is 21.0. The number of rotatable bonds is 14. The Balaban J connectivity index is 1.71. The lowest BCUT2D eigenvalue weighted by Crippen LogP contribution is -2.52. The summed E-state index contributed by atoms with van der Waals surface area (Å²) in [6.45, 7) is 5.39. The molecule has 1 aliphatic heterocycles. The molecule has 0 fully saturated rings. The van der Waals surface area contributed by atoms with Gasteiger partial charge in [0.05, 0.1) is 35.4 Å². The van der Waals surface area contributed by atoms with Gasteiger partial charge in [-0.1, -0.05) is 24.8 Å². The lowest BCUT2D eigenvalue weighted by molar-refractivity contribution is -0.384. The van der Waals surface area contributed by atoms with Crippen LogP contribution in [-0.2, 0) is 35.1 Å². The molecular formula is C28H29N3O11. The van der Waals surface area contributed by atoms with E-state index in [1.807, 2.05) is 0 Å². The number of nitrogens with one attached hydrogen (secondary N) is 1. The van der Waals surface area contributed by atoms with Crippen LogP contribution in [0.5, 0.6) is 0 Å². The van der Waals surface area contributed by atoms with Gasteiger partial charge < -0.3 is 24.3 Å². The summed E-state index contributed by atoms with van der Waals surface area (Å²) in [7, 11) is 0. The number of esters is 2. The molecule has 2 aromatic carbocycles. The topological polar surface area (TPSA) is 181 Å². The van der Waals surface area contributed by atoms with Crippen LogP contribution in [0.1, 0.15) is 40.1 Å². The largest absolute Gasteiger partial charge is 0.464 e. The van der Waals surface area contributed by atoms with Crippen molar-refractivity contribution < 1.29 is 47.8 Å². The molecule has 14 heteroatoms. The Morgan fingerprint density at radius 3 is 2.17 bits per heavy atom. The van der Waals surface area contributed by atoms with Crippen LogP contribution < -0.4 is 5.32 Å². The number of non-ortho nitro benzene ring substituents is 1. The van der Waals surface area contributed by atoms with Crippen molar-refractivity contribution in [3.63, 3.8) is 0 Å². The van der Waals surface area contributed by atoms with E-state index in [1.54, 1.807) is 19.1 Å². The Bertz CT molecular complexity index is 1320. The van der Waals surface area contributed by atoms with Crippen molar-refractivity contribution in [3.8, 4) is 0 Å². The minimum absolute atomic E-state index is 0.0350. The smallest absolute Gasteiger partial charge is 0.408 e.